The summed E-state index contributed by atoms with van der Waals surface area (Å²) in [7, 11) is 0. The van der Waals surface area contributed by atoms with Crippen LogP contribution >= 0.6 is 34.2 Å². The van der Waals surface area contributed by atoms with Crippen molar-refractivity contribution in [3.63, 3.8) is 0 Å². The zero-order valence-corrected chi connectivity index (χ0v) is 12.8. The predicted octanol–water partition coefficient (Wildman–Crippen LogP) is 3.96. The van der Waals surface area contributed by atoms with Gasteiger partial charge in [-0.2, -0.15) is 0 Å². The largest absolute Gasteiger partial charge is 0.292 e. The third-order valence-electron chi connectivity index (χ3n) is 2.66. The number of rotatable bonds is 4. The summed E-state index contributed by atoms with van der Waals surface area (Å²) in [6, 6.07) is 15.7. The van der Waals surface area contributed by atoms with Crippen LogP contribution in [0.3, 0.4) is 0 Å². The molecule has 0 saturated carbocycles. The van der Waals surface area contributed by atoms with Gasteiger partial charge in [0.05, 0.1) is 0 Å². The number of carbonyl (C=O) groups is 2. The van der Waals surface area contributed by atoms with E-state index in [4.69, 9.17) is 11.6 Å². The van der Waals surface area contributed by atoms with Gasteiger partial charge in [-0.25, -0.2) is 0 Å². The minimum Gasteiger partial charge on any atom is -0.292 e. The number of hydrogen-bond acceptors (Lipinski definition) is 2. The van der Waals surface area contributed by atoms with E-state index in [1.54, 1.807) is 36.4 Å². The first kappa shape index (κ1) is 14.2. The van der Waals surface area contributed by atoms with Gasteiger partial charge in [-0.05, 0) is 28.7 Å². The zero-order chi connectivity index (χ0) is 13.8. The van der Waals surface area contributed by atoms with Crippen LogP contribution in [0.1, 0.15) is 20.7 Å². The Bertz CT molecular complexity index is 611. The summed E-state index contributed by atoms with van der Waals surface area (Å²) < 4.78 is 0.789. The number of Topliss-reactive ketones (excluding diaryl/α,β-unsaturated/α-hetero) is 2. The summed E-state index contributed by atoms with van der Waals surface area (Å²) in [5, 5.41) is -1.18. The quantitative estimate of drug-likeness (QED) is 0.346. The monoisotopic (exact) mass is 384 g/mol. The molecule has 1 unspecified atom stereocenters. The Morgan fingerprint density at radius 1 is 0.895 bits per heavy atom. The average molecular weight is 385 g/mol. The molecule has 19 heavy (non-hydrogen) atoms. The van der Waals surface area contributed by atoms with Crippen molar-refractivity contribution in [2.75, 3.05) is 0 Å². The third kappa shape index (κ3) is 3.22. The van der Waals surface area contributed by atoms with Crippen LogP contribution in [0, 0.1) is 3.57 Å². The average Bonchev–Trinajstić information content (AvgIpc) is 2.46. The van der Waals surface area contributed by atoms with E-state index in [0.717, 1.165) is 3.57 Å². The van der Waals surface area contributed by atoms with Crippen molar-refractivity contribution in [3.05, 3.63) is 69.3 Å². The van der Waals surface area contributed by atoms with Crippen LogP contribution in [-0.2, 0) is 0 Å². The fourth-order valence-corrected chi connectivity index (χ4v) is 2.56. The van der Waals surface area contributed by atoms with Gasteiger partial charge in [0.1, 0.15) is 0 Å². The summed E-state index contributed by atoms with van der Waals surface area (Å²) in [6.07, 6.45) is 0. The Morgan fingerprint density at radius 3 is 2.11 bits per heavy atom. The van der Waals surface area contributed by atoms with Crippen molar-refractivity contribution in [1.82, 2.24) is 0 Å². The number of halogens is 2. The van der Waals surface area contributed by atoms with Crippen LogP contribution in [0.15, 0.2) is 54.6 Å². The zero-order valence-electron chi connectivity index (χ0n) is 9.85. The maximum atomic E-state index is 12.2. The summed E-state index contributed by atoms with van der Waals surface area (Å²) in [5.41, 5.74) is 0.925. The first-order chi connectivity index (χ1) is 9.11. The lowest BCUT2D eigenvalue weighted by atomic mass is 10.0. The van der Waals surface area contributed by atoms with Crippen molar-refractivity contribution in [2.45, 2.75) is 5.38 Å². The lowest BCUT2D eigenvalue weighted by molar-refractivity contribution is 0.0899. The molecule has 0 spiro atoms. The molecule has 0 amide bonds. The summed E-state index contributed by atoms with van der Waals surface area (Å²) in [4.78, 5) is 24.3. The second kappa shape index (κ2) is 6.30. The van der Waals surface area contributed by atoms with E-state index in [9.17, 15) is 9.59 Å². The van der Waals surface area contributed by atoms with Gasteiger partial charge >= 0.3 is 0 Å². The topological polar surface area (TPSA) is 34.1 Å². The van der Waals surface area contributed by atoms with Crippen molar-refractivity contribution in [2.24, 2.45) is 0 Å². The Morgan fingerprint density at radius 2 is 1.47 bits per heavy atom. The second-order valence-corrected chi connectivity index (χ2v) is 5.54. The van der Waals surface area contributed by atoms with E-state index in [0.29, 0.717) is 11.1 Å². The molecule has 0 aliphatic rings. The highest BCUT2D eigenvalue weighted by Crippen LogP contribution is 2.18. The van der Waals surface area contributed by atoms with Crippen LogP contribution in [0.2, 0.25) is 0 Å². The minimum atomic E-state index is -1.18. The van der Waals surface area contributed by atoms with Crippen molar-refractivity contribution >= 4 is 45.8 Å². The lowest BCUT2D eigenvalue weighted by Crippen LogP contribution is -2.25. The maximum Gasteiger partial charge on any atom is 0.189 e. The van der Waals surface area contributed by atoms with Crippen LogP contribution < -0.4 is 0 Å². The van der Waals surface area contributed by atoms with Crippen LogP contribution in [0.5, 0.6) is 0 Å². The van der Waals surface area contributed by atoms with Crippen LogP contribution in [0.25, 0.3) is 0 Å². The molecule has 0 saturated heterocycles. The Hall–Kier alpha value is -1.20. The van der Waals surface area contributed by atoms with Gasteiger partial charge in [0.25, 0.3) is 0 Å². The van der Waals surface area contributed by atoms with E-state index in [1.165, 1.54) is 0 Å². The molecule has 0 aromatic heterocycles. The number of alkyl halides is 1. The van der Waals surface area contributed by atoms with Gasteiger partial charge in [-0.15, -0.1) is 11.6 Å². The van der Waals surface area contributed by atoms with Gasteiger partial charge < -0.3 is 0 Å². The minimum absolute atomic E-state index is 0.361. The summed E-state index contributed by atoms with van der Waals surface area (Å²) in [5.74, 6) is -0.729. The molecule has 4 heteroatoms. The molecule has 0 bridgehead atoms. The van der Waals surface area contributed by atoms with E-state index in [2.05, 4.69) is 22.6 Å². The first-order valence-electron chi connectivity index (χ1n) is 5.63. The molecule has 0 aliphatic heterocycles. The van der Waals surface area contributed by atoms with E-state index < -0.39 is 5.38 Å². The van der Waals surface area contributed by atoms with Gasteiger partial charge in [0, 0.05) is 14.7 Å². The fourth-order valence-electron chi connectivity index (χ4n) is 1.67. The number of hydrogen-bond donors (Lipinski definition) is 0. The number of benzene rings is 2. The molecule has 2 rings (SSSR count). The molecule has 1 atom stereocenters. The number of ketones is 2. The summed E-state index contributed by atoms with van der Waals surface area (Å²) >= 11 is 8.08. The predicted molar refractivity (Wildman–Crippen MR) is 83.9 cm³/mol. The van der Waals surface area contributed by atoms with Crippen LogP contribution in [-0.4, -0.2) is 16.9 Å². The van der Waals surface area contributed by atoms with Gasteiger partial charge in [-0.3, -0.25) is 9.59 Å². The first-order valence-corrected chi connectivity index (χ1v) is 7.15. The maximum absolute atomic E-state index is 12.2. The highest BCUT2D eigenvalue weighted by atomic mass is 127. The van der Waals surface area contributed by atoms with Gasteiger partial charge in [0.15, 0.2) is 16.9 Å². The molecule has 2 nitrogen and oxygen atoms in total. The molecule has 0 N–H and O–H groups in total. The van der Waals surface area contributed by atoms with Gasteiger partial charge in [-0.1, -0.05) is 48.5 Å². The Kier molecular flexibility index (Phi) is 4.71. The Balaban J connectivity index is 2.26. The van der Waals surface area contributed by atoms with E-state index in [-0.39, 0.29) is 11.6 Å². The molecule has 0 radical (unpaired) electrons. The lowest BCUT2D eigenvalue weighted by Gasteiger charge is -2.09. The molecule has 0 aliphatic carbocycles. The van der Waals surface area contributed by atoms with E-state index in [1.807, 2.05) is 18.2 Å². The number of carbonyl (C=O) groups excluding carboxylic acids is 2. The SMILES string of the molecule is O=C(c1ccccc1)C(Cl)C(=O)c1ccccc1I. The molecular formula is C15H10ClIO2. The molecule has 0 heterocycles. The molecule has 2 aromatic rings. The smallest absolute Gasteiger partial charge is 0.189 e. The van der Waals surface area contributed by atoms with E-state index >= 15 is 0 Å². The molecule has 2 aromatic carbocycles. The van der Waals surface area contributed by atoms with Crippen molar-refractivity contribution in [1.29, 1.82) is 0 Å². The third-order valence-corrected chi connectivity index (χ3v) is 4.00. The highest BCUT2D eigenvalue weighted by Gasteiger charge is 2.27. The Labute approximate surface area is 129 Å². The van der Waals surface area contributed by atoms with Crippen molar-refractivity contribution in [3.8, 4) is 0 Å². The standard InChI is InChI=1S/C15H10ClIO2/c16-13(14(18)10-6-2-1-3-7-10)15(19)11-8-4-5-9-12(11)17/h1-9,13H. The van der Waals surface area contributed by atoms with Crippen molar-refractivity contribution < 1.29 is 9.59 Å². The van der Waals surface area contributed by atoms with Crippen LogP contribution in [0.4, 0.5) is 0 Å². The normalized spacial score (nSPS) is 11.9. The summed E-state index contributed by atoms with van der Waals surface area (Å²) in [6.45, 7) is 0. The molecule has 0 fully saturated rings. The highest BCUT2D eigenvalue weighted by molar-refractivity contribution is 14.1. The molecular weight excluding hydrogens is 375 g/mol. The fraction of sp³-hybridized carbons (Fsp3) is 0.0667. The molecule has 96 valence electrons. The second-order valence-electron chi connectivity index (χ2n) is 3.94. The van der Waals surface area contributed by atoms with Gasteiger partial charge in [0.2, 0.25) is 0 Å².